The molecule has 2 aromatic carbocycles. The molecule has 0 atom stereocenters. The van der Waals surface area contributed by atoms with Crippen molar-refractivity contribution >= 4 is 72.5 Å². The van der Waals surface area contributed by atoms with Crippen molar-refractivity contribution in [3.8, 4) is 0 Å². The van der Waals surface area contributed by atoms with E-state index in [1.54, 1.807) is 73.6 Å². The van der Waals surface area contributed by atoms with Crippen molar-refractivity contribution in [2.45, 2.75) is 53.4 Å². The monoisotopic (exact) mass is 860 g/mol. The van der Waals surface area contributed by atoms with Gasteiger partial charge in [-0.2, -0.15) is 122 Å². The number of hydrogen-bond donors (Lipinski definition) is 0. The first-order chi connectivity index (χ1) is 28.6. The molecule has 0 saturated carbocycles. The molecule has 0 radical (unpaired) electrons. The Morgan fingerprint density at radius 2 is 0.525 bits per heavy atom. The van der Waals surface area contributed by atoms with Crippen LogP contribution in [0.1, 0.15) is 50.7 Å². The summed E-state index contributed by atoms with van der Waals surface area (Å²) in [6.07, 6.45) is 30.6. The van der Waals surface area contributed by atoms with E-state index in [9.17, 15) is 0 Å². The molecule has 0 spiro atoms. The second kappa shape index (κ2) is 62.3. The summed E-state index contributed by atoms with van der Waals surface area (Å²) >= 11 is 0. The summed E-state index contributed by atoms with van der Waals surface area (Å²) in [5, 5.41) is 0. The Labute approximate surface area is 421 Å². The van der Waals surface area contributed by atoms with Crippen LogP contribution in [0.5, 0.6) is 0 Å². The Morgan fingerprint density at radius 1 is 0.344 bits per heavy atom. The van der Waals surface area contributed by atoms with Gasteiger partial charge in [0.25, 0.3) is 0 Å². The van der Waals surface area contributed by atoms with Crippen LogP contribution in [0.2, 0.25) is 0 Å². The fourth-order valence-corrected chi connectivity index (χ4v) is 2.73. The SMILES string of the molecule is Cc1ccccc1.Cc1ccccc1.[Al+3].[Al+3].[CH2-]CCC.[CH2-]CCC.[Ca+2].[c-]1ccccn1.[c-]1ccccn1.[c-]1ccccn1.[c-]1ccccn1.[c-]1ccccn1.[c-]1ccccn1. The van der Waals surface area contributed by atoms with Crippen molar-refractivity contribution in [1.29, 1.82) is 0 Å². The average Bonchev–Trinajstić information content (AvgIpc) is 3.34. The number of hydrogen-bond acceptors (Lipinski definition) is 6. The summed E-state index contributed by atoms with van der Waals surface area (Å²) in [5.41, 5.74) is 2.64. The molecule has 0 unspecified atom stereocenters. The van der Waals surface area contributed by atoms with E-state index in [2.05, 4.69) is 133 Å². The van der Waals surface area contributed by atoms with Gasteiger partial charge < -0.3 is 43.8 Å². The van der Waals surface area contributed by atoms with Gasteiger partial charge in [-0.15, -0.1) is 0 Å². The first-order valence-corrected chi connectivity index (χ1v) is 18.9. The summed E-state index contributed by atoms with van der Waals surface area (Å²) in [5.74, 6) is 0. The predicted molar refractivity (Wildman–Crippen MR) is 259 cm³/mol. The Bertz CT molecular complexity index is 1310. The maximum Gasteiger partial charge on any atom is 3.00 e. The second-order valence-corrected chi connectivity index (χ2v) is 10.8. The van der Waals surface area contributed by atoms with Crippen LogP contribution in [-0.2, 0) is 0 Å². The van der Waals surface area contributed by atoms with Gasteiger partial charge >= 0.3 is 72.5 Å². The summed E-state index contributed by atoms with van der Waals surface area (Å²) in [4.78, 5) is 22.0. The normalized spacial score (nSPS) is 7.70. The van der Waals surface area contributed by atoms with Crippen LogP contribution in [0.3, 0.4) is 0 Å². The van der Waals surface area contributed by atoms with Gasteiger partial charge in [0.15, 0.2) is 0 Å². The van der Waals surface area contributed by atoms with E-state index in [-0.39, 0.29) is 72.5 Å². The number of rotatable bonds is 2. The molecule has 6 heterocycles. The number of benzene rings is 2. The fraction of sp³-hybridized carbons (Fsp3) is 0.154. The van der Waals surface area contributed by atoms with Gasteiger partial charge in [-0.05, 0) is 13.8 Å². The van der Waals surface area contributed by atoms with Gasteiger partial charge in [0.05, 0.1) is 0 Å². The fourth-order valence-electron chi connectivity index (χ4n) is 2.73. The molecule has 8 aromatic rings. The topological polar surface area (TPSA) is 77.3 Å². The number of pyridine rings is 6. The van der Waals surface area contributed by atoms with Crippen LogP contribution < -0.4 is 0 Å². The van der Waals surface area contributed by atoms with Crippen molar-refractivity contribution in [3.63, 3.8) is 0 Å². The van der Waals surface area contributed by atoms with E-state index in [1.165, 1.54) is 24.0 Å². The maximum atomic E-state index is 3.66. The third kappa shape index (κ3) is 65.0. The smallest absolute Gasteiger partial charge is 0.394 e. The van der Waals surface area contributed by atoms with Crippen molar-refractivity contribution in [2.75, 3.05) is 0 Å². The summed E-state index contributed by atoms with van der Waals surface area (Å²) in [7, 11) is 0. The second-order valence-electron chi connectivity index (χ2n) is 10.8. The van der Waals surface area contributed by atoms with Crippen LogP contribution in [-0.4, -0.2) is 102 Å². The van der Waals surface area contributed by atoms with Gasteiger partial charge in [-0.3, -0.25) is 0 Å². The van der Waals surface area contributed by atoms with Gasteiger partial charge in [0.2, 0.25) is 0 Å². The van der Waals surface area contributed by atoms with Crippen LogP contribution in [0, 0.1) is 64.9 Å². The molecule has 0 N–H and O–H groups in total. The van der Waals surface area contributed by atoms with Crippen molar-refractivity contribution in [2.24, 2.45) is 0 Å². The van der Waals surface area contributed by atoms with E-state index in [0.717, 1.165) is 12.8 Å². The molecule has 0 amide bonds. The van der Waals surface area contributed by atoms with Crippen LogP contribution in [0.4, 0.5) is 0 Å². The zero-order valence-electron chi connectivity index (χ0n) is 36.4. The first-order valence-electron chi connectivity index (χ1n) is 18.9. The van der Waals surface area contributed by atoms with E-state index in [0.29, 0.717) is 0 Å². The molecule has 0 fully saturated rings. The average molecular weight is 861 g/mol. The molecule has 6 aromatic heterocycles. The van der Waals surface area contributed by atoms with E-state index in [1.807, 2.05) is 109 Å². The minimum atomic E-state index is 0. The largest absolute Gasteiger partial charge is 3.00 e. The molecule has 0 saturated heterocycles. The van der Waals surface area contributed by atoms with E-state index < -0.39 is 0 Å². The van der Waals surface area contributed by atoms with E-state index >= 15 is 0 Å². The minimum absolute atomic E-state index is 0. The Hall–Kier alpha value is -4.34. The Balaban J connectivity index is -0.000000190. The zero-order valence-corrected chi connectivity index (χ0v) is 40.9. The number of aryl methyl sites for hydroxylation is 2. The third-order valence-corrected chi connectivity index (χ3v) is 5.69. The van der Waals surface area contributed by atoms with Crippen molar-refractivity contribution < 1.29 is 0 Å². The quantitative estimate of drug-likeness (QED) is 0.127. The molecule has 0 bridgehead atoms. The zero-order chi connectivity index (χ0) is 42.5. The summed E-state index contributed by atoms with van der Waals surface area (Å²) in [6, 6.07) is 53.5. The maximum absolute atomic E-state index is 3.66. The van der Waals surface area contributed by atoms with Crippen molar-refractivity contribution in [3.05, 3.63) is 269 Å². The van der Waals surface area contributed by atoms with E-state index in [4.69, 9.17) is 0 Å². The molecular weight excluding hydrogens is 803 g/mol. The number of nitrogens with zero attached hydrogens (tertiary/aromatic N) is 6. The molecule has 61 heavy (non-hydrogen) atoms. The Morgan fingerprint density at radius 3 is 0.574 bits per heavy atom. The molecule has 6 nitrogen and oxygen atoms in total. The minimum Gasteiger partial charge on any atom is -0.394 e. The summed E-state index contributed by atoms with van der Waals surface area (Å²) in [6.45, 7) is 15.6. The van der Waals surface area contributed by atoms with Gasteiger partial charge in [-0.25, -0.2) is 0 Å². The summed E-state index contributed by atoms with van der Waals surface area (Å²) < 4.78 is 0. The van der Waals surface area contributed by atoms with Gasteiger partial charge in [0.1, 0.15) is 0 Å². The molecule has 0 aliphatic carbocycles. The van der Waals surface area contributed by atoms with Crippen LogP contribution in [0.15, 0.2) is 207 Å². The van der Waals surface area contributed by atoms with Crippen LogP contribution >= 0.6 is 0 Å². The third-order valence-electron chi connectivity index (χ3n) is 5.69. The van der Waals surface area contributed by atoms with Gasteiger partial charge in [0, 0.05) is 0 Å². The molecule has 304 valence electrons. The van der Waals surface area contributed by atoms with Crippen molar-refractivity contribution in [1.82, 2.24) is 29.9 Å². The standard InChI is InChI=1S/2C7H8.6C5H4N.2C4H9.2Al.Ca/c2*1-7-5-3-2-4-6-7;6*1-2-4-6-5-3-1;2*1-3-4-2;;;/h2*2-6H,1H3;6*1-4H;2*1,3-4H2,2H3;;;/q;;8*-1;2*+3;+2. The molecule has 0 aliphatic rings. The number of aromatic nitrogens is 6. The molecular formula is C52H58Al2CaN6. The Kier molecular flexibility index (Phi) is 67.2. The predicted octanol–water partition coefficient (Wildman–Crippen LogP) is 11.4. The molecule has 8 rings (SSSR count). The van der Waals surface area contributed by atoms with Gasteiger partial charge in [-0.1, -0.05) is 173 Å². The number of unbranched alkanes of at least 4 members (excludes halogenated alkanes) is 2. The first kappa shape index (κ1) is 65.8. The molecule has 9 heteroatoms. The molecule has 0 aliphatic heterocycles. The van der Waals surface area contributed by atoms with Crippen LogP contribution in [0.25, 0.3) is 0 Å².